The van der Waals surface area contributed by atoms with E-state index in [-0.39, 0.29) is 34.1 Å². The highest BCUT2D eigenvalue weighted by Crippen LogP contribution is 2.36. The fourth-order valence-corrected chi connectivity index (χ4v) is 2.16. The Morgan fingerprint density at radius 1 is 1.33 bits per heavy atom. The number of nitrogen functional groups attached to an aromatic ring is 1. The highest BCUT2D eigenvalue weighted by Gasteiger charge is 2.22. The molecule has 0 fully saturated rings. The van der Waals surface area contributed by atoms with E-state index in [1.165, 1.54) is 18.2 Å². The molecule has 0 saturated heterocycles. The first-order valence-electron chi connectivity index (χ1n) is 7.04. The fraction of sp³-hybridized carbons (Fsp3) is 0.188. The van der Waals surface area contributed by atoms with Crippen LogP contribution in [0.1, 0.15) is 24.5 Å². The van der Waals surface area contributed by atoms with Gasteiger partial charge in [0.1, 0.15) is 29.1 Å². The van der Waals surface area contributed by atoms with Gasteiger partial charge in [0, 0.05) is 17.7 Å². The Bertz CT molecular complexity index is 881. The first kappa shape index (κ1) is 16.7. The van der Waals surface area contributed by atoms with Crippen LogP contribution in [0.2, 0.25) is 0 Å². The normalized spacial score (nSPS) is 9.79. The van der Waals surface area contributed by atoms with Crippen LogP contribution in [0.3, 0.4) is 0 Å². The molecule has 0 radical (unpaired) electrons. The third-order valence-electron chi connectivity index (χ3n) is 3.20. The molecule has 0 amide bonds. The Kier molecular flexibility index (Phi) is 4.93. The fourth-order valence-electron chi connectivity index (χ4n) is 2.16. The van der Waals surface area contributed by atoms with Crippen molar-refractivity contribution in [1.29, 1.82) is 10.5 Å². The number of hydrogen-bond donors (Lipinski definition) is 1. The molecular weight excluding hydrogens is 310 g/mol. The zero-order valence-corrected chi connectivity index (χ0v) is 12.8. The Morgan fingerprint density at radius 2 is 2.04 bits per heavy atom. The lowest BCUT2D eigenvalue weighted by Gasteiger charge is -2.13. The zero-order chi connectivity index (χ0) is 17.7. The van der Waals surface area contributed by atoms with E-state index in [0.29, 0.717) is 18.6 Å². The van der Waals surface area contributed by atoms with Crippen molar-refractivity contribution in [2.45, 2.75) is 13.3 Å². The van der Waals surface area contributed by atoms with E-state index in [2.05, 4.69) is 4.98 Å². The predicted octanol–water partition coefficient (Wildman–Crippen LogP) is 2.77. The summed E-state index contributed by atoms with van der Waals surface area (Å²) in [6.45, 7) is 2.21. The number of nitro groups is 1. The van der Waals surface area contributed by atoms with E-state index in [1.54, 1.807) is 6.07 Å². The Balaban J connectivity index is 2.78. The first-order valence-corrected chi connectivity index (χ1v) is 7.04. The summed E-state index contributed by atoms with van der Waals surface area (Å²) in [7, 11) is 0. The summed E-state index contributed by atoms with van der Waals surface area (Å²) in [5, 5.41) is 29.8. The molecule has 2 rings (SSSR count). The van der Waals surface area contributed by atoms with Gasteiger partial charge in [-0.3, -0.25) is 10.1 Å². The van der Waals surface area contributed by atoms with Crippen molar-refractivity contribution in [2.24, 2.45) is 0 Å². The summed E-state index contributed by atoms with van der Waals surface area (Å²) >= 11 is 0. The van der Waals surface area contributed by atoms with Gasteiger partial charge in [0.25, 0.3) is 5.69 Å². The molecule has 0 atom stereocenters. The first-order chi connectivity index (χ1) is 11.5. The van der Waals surface area contributed by atoms with Crippen molar-refractivity contribution in [2.75, 3.05) is 12.3 Å². The molecule has 1 heterocycles. The molecule has 2 N–H and O–H groups in total. The maximum atomic E-state index is 11.0. The average molecular weight is 323 g/mol. The van der Waals surface area contributed by atoms with Crippen LogP contribution in [0, 0.1) is 32.8 Å². The van der Waals surface area contributed by atoms with Crippen LogP contribution in [0.5, 0.6) is 5.88 Å². The molecule has 8 nitrogen and oxygen atoms in total. The predicted molar refractivity (Wildman–Crippen MR) is 86.0 cm³/mol. The van der Waals surface area contributed by atoms with Crippen LogP contribution in [-0.4, -0.2) is 16.5 Å². The van der Waals surface area contributed by atoms with Gasteiger partial charge >= 0.3 is 0 Å². The lowest BCUT2D eigenvalue weighted by molar-refractivity contribution is -0.384. The van der Waals surface area contributed by atoms with Gasteiger partial charge in [0.2, 0.25) is 5.88 Å². The Labute approximate surface area is 137 Å². The van der Waals surface area contributed by atoms with E-state index >= 15 is 0 Å². The highest BCUT2D eigenvalue weighted by atomic mass is 16.6. The number of aromatic nitrogens is 1. The summed E-state index contributed by atoms with van der Waals surface area (Å²) in [6, 6.07) is 9.49. The van der Waals surface area contributed by atoms with Gasteiger partial charge in [0.05, 0.1) is 11.5 Å². The molecule has 0 aliphatic carbocycles. The lowest BCUT2D eigenvalue weighted by Crippen LogP contribution is -2.07. The van der Waals surface area contributed by atoms with Gasteiger partial charge in [0.15, 0.2) is 0 Å². The molecule has 1 aromatic carbocycles. The summed E-state index contributed by atoms with van der Waals surface area (Å²) in [5.41, 5.74) is 6.16. The van der Waals surface area contributed by atoms with E-state index in [9.17, 15) is 20.6 Å². The van der Waals surface area contributed by atoms with Crippen molar-refractivity contribution < 1.29 is 9.66 Å². The van der Waals surface area contributed by atoms with Gasteiger partial charge in [-0.1, -0.05) is 19.1 Å². The second-order valence-corrected chi connectivity index (χ2v) is 4.81. The molecular formula is C16H13N5O3. The second-order valence-electron chi connectivity index (χ2n) is 4.81. The van der Waals surface area contributed by atoms with Crippen LogP contribution in [0.15, 0.2) is 24.3 Å². The van der Waals surface area contributed by atoms with E-state index in [4.69, 9.17) is 10.5 Å². The third kappa shape index (κ3) is 3.08. The largest absolute Gasteiger partial charge is 0.477 e. The molecule has 0 bridgehead atoms. The van der Waals surface area contributed by atoms with Gasteiger partial charge in [-0.15, -0.1) is 0 Å². The Hall–Kier alpha value is -3.65. The maximum Gasteiger partial charge on any atom is 0.270 e. The number of hydrogen-bond acceptors (Lipinski definition) is 7. The minimum absolute atomic E-state index is 0.0114. The maximum absolute atomic E-state index is 11.0. The van der Waals surface area contributed by atoms with E-state index < -0.39 is 4.92 Å². The van der Waals surface area contributed by atoms with Crippen molar-refractivity contribution in [3.63, 3.8) is 0 Å². The summed E-state index contributed by atoms with van der Waals surface area (Å²) in [6.07, 6.45) is 0.693. The van der Waals surface area contributed by atoms with E-state index in [0.717, 1.165) is 0 Å². The van der Waals surface area contributed by atoms with Gasteiger partial charge < -0.3 is 10.5 Å². The topological polar surface area (TPSA) is 139 Å². The molecule has 1 aromatic heterocycles. The number of anilines is 1. The third-order valence-corrected chi connectivity index (χ3v) is 3.20. The van der Waals surface area contributed by atoms with Crippen molar-refractivity contribution in [3.05, 3.63) is 45.5 Å². The van der Waals surface area contributed by atoms with Gasteiger partial charge in [-0.25, -0.2) is 0 Å². The van der Waals surface area contributed by atoms with Gasteiger partial charge in [-0.05, 0) is 12.0 Å². The molecule has 120 valence electrons. The number of rotatable bonds is 5. The second kappa shape index (κ2) is 7.07. The SMILES string of the molecule is CCCOc1nc(N)c(C#N)c(-c2cccc([N+](=O)[O-])c2)c1C#N. The highest BCUT2D eigenvalue weighted by molar-refractivity contribution is 5.83. The molecule has 0 aliphatic rings. The number of nitriles is 2. The smallest absolute Gasteiger partial charge is 0.270 e. The van der Waals surface area contributed by atoms with Crippen molar-refractivity contribution in [1.82, 2.24) is 4.98 Å². The van der Waals surface area contributed by atoms with Crippen LogP contribution in [0.25, 0.3) is 11.1 Å². The Morgan fingerprint density at radius 3 is 2.62 bits per heavy atom. The van der Waals surface area contributed by atoms with Crippen molar-refractivity contribution >= 4 is 11.5 Å². The van der Waals surface area contributed by atoms with Crippen LogP contribution < -0.4 is 10.5 Å². The molecule has 0 aliphatic heterocycles. The number of nitro benzene ring substituents is 1. The number of nitrogens with two attached hydrogens (primary N) is 1. The molecule has 0 spiro atoms. The molecule has 0 unspecified atom stereocenters. The van der Waals surface area contributed by atoms with Crippen LogP contribution >= 0.6 is 0 Å². The molecule has 0 saturated carbocycles. The molecule has 8 heteroatoms. The van der Waals surface area contributed by atoms with Gasteiger partial charge in [-0.2, -0.15) is 15.5 Å². The number of pyridine rings is 1. The van der Waals surface area contributed by atoms with Crippen LogP contribution in [-0.2, 0) is 0 Å². The average Bonchev–Trinajstić information content (AvgIpc) is 2.59. The zero-order valence-electron chi connectivity index (χ0n) is 12.8. The lowest BCUT2D eigenvalue weighted by atomic mass is 9.96. The quantitative estimate of drug-likeness (QED) is 0.659. The summed E-state index contributed by atoms with van der Waals surface area (Å²) in [5.74, 6) is -0.0820. The monoisotopic (exact) mass is 323 g/mol. The summed E-state index contributed by atoms with van der Waals surface area (Å²) < 4.78 is 5.44. The minimum atomic E-state index is -0.555. The van der Waals surface area contributed by atoms with Crippen molar-refractivity contribution in [3.8, 4) is 29.1 Å². The number of ether oxygens (including phenoxy) is 1. The number of benzene rings is 1. The standard InChI is InChI=1S/C16H13N5O3/c1-2-6-24-16-13(9-18)14(12(8-17)15(19)20-16)10-4-3-5-11(7-10)21(22)23/h3-5,7H,2,6H2,1H3,(H2,19,20). The number of nitrogens with zero attached hydrogens (tertiary/aromatic N) is 4. The number of non-ortho nitro benzene ring substituents is 1. The minimum Gasteiger partial charge on any atom is -0.477 e. The van der Waals surface area contributed by atoms with Crippen LogP contribution in [0.4, 0.5) is 11.5 Å². The van der Waals surface area contributed by atoms with E-state index in [1.807, 2.05) is 19.1 Å². The summed E-state index contributed by atoms with van der Waals surface area (Å²) in [4.78, 5) is 14.4. The molecule has 24 heavy (non-hydrogen) atoms. The molecule has 2 aromatic rings.